The summed E-state index contributed by atoms with van der Waals surface area (Å²) < 4.78 is 184. The Labute approximate surface area is 658 Å². The van der Waals surface area contributed by atoms with Crippen molar-refractivity contribution in [2.24, 2.45) is 21.7 Å². The summed E-state index contributed by atoms with van der Waals surface area (Å²) in [5.41, 5.74) is 21.7. The fourth-order valence-corrected chi connectivity index (χ4v) is 17.4. The maximum absolute atomic E-state index is 9.63. The van der Waals surface area contributed by atoms with E-state index in [2.05, 4.69) is 225 Å². The first kappa shape index (κ1) is 54.2. The first-order chi connectivity index (χ1) is 64.3. The van der Waals surface area contributed by atoms with Gasteiger partial charge in [-0.15, -0.1) is 23.2 Å². The van der Waals surface area contributed by atoms with Gasteiger partial charge in [-0.05, 0) is 286 Å². The maximum Gasteiger partial charge on any atom is 0.120 e. The molecule has 100 heavy (non-hydrogen) atoms. The van der Waals surface area contributed by atoms with E-state index in [1.165, 1.54) is 206 Å². The number of halogens is 2. The molecule has 0 aromatic heterocycles. The third-order valence-corrected chi connectivity index (χ3v) is 24.2. The molecule has 4 atom stereocenters. The minimum absolute atomic E-state index is 0.102. The Morgan fingerprint density at radius 2 is 0.550 bits per heavy atom. The summed E-state index contributed by atoms with van der Waals surface area (Å²) in [6.07, 6.45) is 26.5. The molecular weight excluding hydrogens is 1270 g/mol. The van der Waals surface area contributed by atoms with E-state index in [0.29, 0.717) is 81.5 Å². The third-order valence-electron chi connectivity index (χ3n) is 23.6. The average molecular weight is 1480 g/mol. The van der Waals surface area contributed by atoms with Crippen LogP contribution < -0.4 is 18.9 Å². The van der Waals surface area contributed by atoms with Crippen LogP contribution in [0, 0.1) is 21.7 Å². The minimum atomic E-state index is 0.102. The van der Waals surface area contributed by atoms with Gasteiger partial charge in [0.2, 0.25) is 0 Å². The number of hydrogen-bond acceptors (Lipinski definition) is 6. The van der Waals surface area contributed by atoms with E-state index in [9.17, 15) is 10.2 Å². The van der Waals surface area contributed by atoms with Crippen LogP contribution >= 0.6 is 23.2 Å². The highest BCUT2D eigenvalue weighted by atomic mass is 35.5. The van der Waals surface area contributed by atoms with Gasteiger partial charge in [0.25, 0.3) is 0 Å². The van der Waals surface area contributed by atoms with E-state index in [1.54, 1.807) is 0 Å². The number of ether oxygens (including phenoxy) is 4. The van der Waals surface area contributed by atoms with Crippen LogP contribution in [0.15, 0.2) is 170 Å². The summed E-state index contributed by atoms with van der Waals surface area (Å²) in [5.74, 6) is 7.37. The summed E-state index contributed by atoms with van der Waals surface area (Å²) in [6.45, 7) is 19.4. The molecule has 16 rings (SSSR count). The molecule has 8 aromatic rings. The zero-order valence-electron chi connectivity index (χ0n) is 93.0. The van der Waals surface area contributed by atoms with Crippen LogP contribution in [0.25, 0.3) is 44.5 Å². The van der Waals surface area contributed by atoms with Crippen molar-refractivity contribution >= 4 is 23.2 Å². The molecule has 0 heterocycles. The second kappa shape index (κ2) is 31.2. The van der Waals surface area contributed by atoms with Gasteiger partial charge in [0, 0.05) is 59.3 Å². The summed E-state index contributed by atoms with van der Waals surface area (Å²) in [7, 11) is 0. The molecule has 0 amide bonds. The van der Waals surface area contributed by atoms with E-state index in [4.69, 9.17) is 89.7 Å². The van der Waals surface area contributed by atoms with Gasteiger partial charge < -0.3 is 29.2 Å². The molecule has 8 heteroatoms. The molecule has 0 unspecified atom stereocenters. The van der Waals surface area contributed by atoms with Crippen LogP contribution in [0.3, 0.4) is 0 Å². The SMILES string of the molecule is CC1(C)CCC[C@@H]1c1cc(CCl)ccc1-c1cccc(OC2CC2)c1.CC1(C)CCC[C@@H]1c1cc(CO)ccc1-c1cccc(OC2CC2)c1.CC1(C)CCC[C@H]1c1cc(CCl)ccc1-c1cccc(OC2CC2)c1.CC1(C)CCC[C@H]1c1cc(CO)ccc1-c1cccc(OC2CC2)c1.[3H][3H].[3H][3H].[3H][3H].[3H][3H].[3H][3H].[3H][3H].[3H][3H].[3H][3H].[3H][3H].[3H][3H].[3H][3H].[3H][3H].[3H][3H].[3H][3H].[3H][3H].[3H][3H]. The minimum Gasteiger partial charge on any atom is -0.490 e. The Hall–Kier alpha value is -6.54. The summed E-state index contributed by atoms with van der Waals surface area (Å²) in [5, 5.41) is 19.3. The van der Waals surface area contributed by atoms with Gasteiger partial charge in [-0.2, -0.15) is 0 Å². The number of alkyl halides is 2. The van der Waals surface area contributed by atoms with Gasteiger partial charge in [-0.1, -0.05) is 202 Å². The molecule has 8 aliphatic rings. The number of benzene rings is 8. The van der Waals surface area contributed by atoms with Gasteiger partial charge >= 0.3 is 0 Å². The Bertz CT molecular complexity index is 3670. The van der Waals surface area contributed by atoms with Crippen molar-refractivity contribution in [1.82, 2.24) is 0 Å². The average Bonchev–Trinajstić information content (AvgIpc) is 1.71. The molecular formula is C92H142Cl2O6. The maximum atomic E-state index is 9.63. The van der Waals surface area contributed by atoms with Crippen LogP contribution in [-0.2, 0) is 25.0 Å². The molecule has 8 fully saturated rings. The molecule has 560 valence electrons. The van der Waals surface area contributed by atoms with Crippen molar-refractivity contribution in [1.29, 1.82) is 0 Å². The van der Waals surface area contributed by atoms with E-state index < -0.39 is 0 Å². The lowest BCUT2D eigenvalue weighted by molar-refractivity contribution is 0.281. The summed E-state index contributed by atoms with van der Waals surface area (Å²) in [4.78, 5) is 0. The summed E-state index contributed by atoms with van der Waals surface area (Å²) >= 11 is 12.3. The Balaban J connectivity index is -0.000000749. The Morgan fingerprint density at radius 3 is 0.750 bits per heavy atom. The molecule has 0 radical (unpaired) electrons. The van der Waals surface area contributed by atoms with Crippen molar-refractivity contribution in [3.8, 4) is 67.5 Å². The van der Waals surface area contributed by atoms with E-state index in [0.717, 1.165) is 34.1 Å². The van der Waals surface area contributed by atoms with Crippen LogP contribution in [0.1, 0.15) is 299 Å². The highest BCUT2D eigenvalue weighted by molar-refractivity contribution is 6.17. The standard InChI is InChI=1S/2C23H27ClO.2C23H28O2.16H2/c4*1-23(2)12-4-7-22(23)21-13-16(15-24)8-11-20(21)17-5-3-6-19(14-17)25-18-9-10-18;;;;;;;;;;;;;;;;/h2*3,5-6,8,11,13-14,18,22H,4,7,9-10,12,15H2,1-2H3;2*3,5-6,8,11,13-14,18,22,24H,4,7,9-10,12,15H2,1-2H3;16*1H/t4*22-;;;;;;;;;;;;;;;;/m1010................/s1/i;;;;16*1+2T. The largest absolute Gasteiger partial charge is 0.490 e. The second-order valence-corrected chi connectivity index (χ2v) is 33.9. The smallest absolute Gasteiger partial charge is 0.120 e. The van der Waals surface area contributed by atoms with E-state index >= 15 is 0 Å². The first-order valence-electron chi connectivity index (χ1n) is 54.2. The van der Waals surface area contributed by atoms with Crippen molar-refractivity contribution in [2.45, 2.75) is 257 Å². The zero-order chi connectivity index (χ0) is 102. The lowest BCUT2D eigenvalue weighted by Crippen LogP contribution is -2.16. The van der Waals surface area contributed by atoms with Crippen LogP contribution in [-0.4, -0.2) is 34.6 Å². The number of aliphatic hydroxyl groups excluding tert-OH is 2. The fourth-order valence-electron chi connectivity index (χ4n) is 17.1. The second-order valence-electron chi connectivity index (χ2n) is 33.4. The van der Waals surface area contributed by atoms with E-state index in [-0.39, 0.29) is 13.2 Å². The van der Waals surface area contributed by atoms with Crippen LogP contribution in [0.2, 0.25) is 0 Å². The molecule has 0 aliphatic heterocycles. The lowest BCUT2D eigenvalue weighted by atomic mass is 9.75. The quantitative estimate of drug-likeness (QED) is 0.0741. The molecule has 0 saturated heterocycles. The highest BCUT2D eigenvalue weighted by Gasteiger charge is 2.41. The Morgan fingerprint density at radius 1 is 0.320 bits per heavy atom. The van der Waals surface area contributed by atoms with Crippen molar-refractivity contribution < 1.29 is 76.7 Å². The van der Waals surface area contributed by atoms with Crippen molar-refractivity contribution in [3.63, 3.8) is 0 Å². The number of aliphatic hydroxyl groups is 2. The molecule has 8 aromatic carbocycles. The van der Waals surface area contributed by atoms with Gasteiger partial charge in [-0.25, -0.2) is 0 Å². The van der Waals surface area contributed by atoms with Crippen LogP contribution in [0.4, 0.5) is 0 Å². The lowest BCUT2D eigenvalue weighted by Gasteiger charge is -2.29. The van der Waals surface area contributed by atoms with Crippen LogP contribution in [0.5, 0.6) is 23.0 Å². The van der Waals surface area contributed by atoms with Crippen molar-refractivity contribution in [2.75, 3.05) is 0 Å². The predicted octanol–water partition coefficient (Wildman–Crippen LogP) is 29.2. The molecule has 8 aliphatic carbocycles. The topological polar surface area (TPSA) is 77.4 Å². The molecule has 2 N–H and O–H groups in total. The summed E-state index contributed by atoms with van der Waals surface area (Å²) in [6, 6.07) is 60.7. The zero-order valence-corrected chi connectivity index (χ0v) is 62.6. The van der Waals surface area contributed by atoms with Crippen molar-refractivity contribution in [3.05, 3.63) is 214 Å². The third kappa shape index (κ3) is 17.7. The van der Waals surface area contributed by atoms with Gasteiger partial charge in [0.15, 0.2) is 0 Å². The number of rotatable bonds is 20. The van der Waals surface area contributed by atoms with E-state index in [1.807, 2.05) is 0 Å². The fraction of sp³-hybridized carbons (Fsp3) is 0.478. The normalized spacial score (nSPS) is 23.4. The molecule has 0 bridgehead atoms. The molecule has 6 nitrogen and oxygen atoms in total. The monoisotopic (exact) mass is 1480 g/mol. The first-order valence-corrected chi connectivity index (χ1v) is 39.3. The molecule has 8 saturated carbocycles. The van der Waals surface area contributed by atoms with Gasteiger partial charge in [0.05, 0.1) is 37.6 Å². The van der Waals surface area contributed by atoms with Gasteiger partial charge in [0.1, 0.15) is 23.0 Å². The predicted molar refractivity (Wildman–Crippen MR) is 448 cm³/mol. The number of hydrogen-bond donors (Lipinski definition) is 2. The molecule has 0 spiro atoms. The highest BCUT2D eigenvalue weighted by Crippen LogP contribution is 2.56. The Kier molecular flexibility index (Phi) is 16.9. The van der Waals surface area contributed by atoms with Gasteiger partial charge in [-0.3, -0.25) is 0 Å².